The van der Waals surface area contributed by atoms with Crippen LogP contribution in [-0.4, -0.2) is 44.6 Å². The van der Waals surface area contributed by atoms with Gasteiger partial charge < -0.3 is 10.6 Å². The third-order valence-electron chi connectivity index (χ3n) is 5.74. The van der Waals surface area contributed by atoms with E-state index in [0.29, 0.717) is 24.2 Å². The number of aryl methyl sites for hydroxylation is 2. The molecule has 0 radical (unpaired) electrons. The SMILES string of the molecule is CCCC1(CCC)NC(=O)N(CC(=O)Nc2c(C)nn(-c3ccc(C)cc3)c2C)C1=O. The molecule has 1 aromatic heterocycles. The van der Waals surface area contributed by atoms with Gasteiger partial charge in [-0.2, -0.15) is 5.10 Å². The molecule has 0 atom stereocenters. The lowest BCUT2D eigenvalue weighted by atomic mass is 9.88. The Morgan fingerprint density at radius 3 is 2.26 bits per heavy atom. The standard InChI is InChI=1S/C23H31N5O3/c1-6-12-23(13-7-2)21(30)27(22(31)25-23)14-19(29)24-20-16(4)26-28(17(20)5)18-10-8-15(3)9-11-18/h8-11H,6-7,12-14H2,1-5H3,(H,24,29)(H,25,31). The van der Waals surface area contributed by atoms with Crippen LogP contribution in [0.4, 0.5) is 10.5 Å². The van der Waals surface area contributed by atoms with Crippen LogP contribution in [0.3, 0.4) is 0 Å². The summed E-state index contributed by atoms with van der Waals surface area (Å²) in [5, 5.41) is 10.2. The highest BCUT2D eigenvalue weighted by Gasteiger charge is 2.50. The van der Waals surface area contributed by atoms with Gasteiger partial charge in [0.15, 0.2) is 0 Å². The van der Waals surface area contributed by atoms with Crippen LogP contribution in [0, 0.1) is 20.8 Å². The summed E-state index contributed by atoms with van der Waals surface area (Å²) in [4.78, 5) is 39.3. The Morgan fingerprint density at radius 2 is 1.68 bits per heavy atom. The number of nitrogens with one attached hydrogen (secondary N) is 2. The fourth-order valence-corrected chi connectivity index (χ4v) is 4.22. The van der Waals surface area contributed by atoms with Crippen molar-refractivity contribution >= 4 is 23.5 Å². The molecule has 1 saturated heterocycles. The van der Waals surface area contributed by atoms with Crippen LogP contribution < -0.4 is 10.6 Å². The van der Waals surface area contributed by atoms with Crippen LogP contribution in [0.1, 0.15) is 56.5 Å². The summed E-state index contributed by atoms with van der Waals surface area (Å²) in [6.07, 6.45) is 2.65. The number of aromatic nitrogens is 2. The van der Waals surface area contributed by atoms with Gasteiger partial charge in [-0.15, -0.1) is 0 Å². The molecule has 1 aromatic carbocycles. The van der Waals surface area contributed by atoms with Gasteiger partial charge in [0.05, 0.1) is 22.8 Å². The zero-order chi connectivity index (χ0) is 22.8. The Balaban J connectivity index is 1.76. The van der Waals surface area contributed by atoms with E-state index < -0.39 is 17.5 Å². The van der Waals surface area contributed by atoms with Crippen molar-refractivity contribution in [2.45, 2.75) is 65.8 Å². The van der Waals surface area contributed by atoms with Gasteiger partial charge in [0.25, 0.3) is 5.91 Å². The number of nitrogens with zero attached hydrogens (tertiary/aromatic N) is 3. The van der Waals surface area contributed by atoms with Crippen molar-refractivity contribution < 1.29 is 14.4 Å². The molecule has 1 fully saturated rings. The van der Waals surface area contributed by atoms with E-state index in [1.54, 1.807) is 4.68 Å². The topological polar surface area (TPSA) is 96.3 Å². The summed E-state index contributed by atoms with van der Waals surface area (Å²) in [5.41, 5.74) is 3.17. The number of carbonyl (C=O) groups excluding carboxylic acids is 3. The molecule has 31 heavy (non-hydrogen) atoms. The second-order valence-corrected chi connectivity index (χ2v) is 8.24. The number of urea groups is 1. The number of anilines is 1. The molecule has 8 nitrogen and oxygen atoms in total. The molecule has 0 bridgehead atoms. The van der Waals surface area contributed by atoms with Crippen LogP contribution in [0.2, 0.25) is 0 Å². The van der Waals surface area contributed by atoms with Crippen LogP contribution in [0.5, 0.6) is 0 Å². The summed E-state index contributed by atoms with van der Waals surface area (Å²) < 4.78 is 1.77. The predicted octanol–water partition coefficient (Wildman–Crippen LogP) is 3.63. The Kier molecular flexibility index (Phi) is 6.48. The molecule has 166 valence electrons. The van der Waals surface area contributed by atoms with Crippen molar-refractivity contribution in [2.75, 3.05) is 11.9 Å². The van der Waals surface area contributed by atoms with Gasteiger partial charge in [0.2, 0.25) is 5.91 Å². The first-order valence-corrected chi connectivity index (χ1v) is 10.8. The number of carbonyl (C=O) groups is 3. The summed E-state index contributed by atoms with van der Waals surface area (Å²) in [7, 11) is 0. The molecule has 0 saturated carbocycles. The lowest BCUT2D eigenvalue weighted by Gasteiger charge is -2.25. The molecule has 3 rings (SSSR count). The van der Waals surface area contributed by atoms with E-state index in [2.05, 4.69) is 15.7 Å². The molecule has 0 unspecified atom stereocenters. The van der Waals surface area contributed by atoms with E-state index in [4.69, 9.17) is 0 Å². The Bertz CT molecular complexity index is 987. The molecule has 2 aromatic rings. The van der Waals surface area contributed by atoms with Crippen LogP contribution in [-0.2, 0) is 9.59 Å². The van der Waals surface area contributed by atoms with Crippen LogP contribution >= 0.6 is 0 Å². The van der Waals surface area contributed by atoms with E-state index in [9.17, 15) is 14.4 Å². The van der Waals surface area contributed by atoms with Crippen LogP contribution in [0.25, 0.3) is 5.69 Å². The van der Waals surface area contributed by atoms with Gasteiger partial charge in [-0.1, -0.05) is 44.4 Å². The zero-order valence-corrected chi connectivity index (χ0v) is 18.9. The molecule has 0 spiro atoms. The van der Waals surface area contributed by atoms with Crippen molar-refractivity contribution in [3.63, 3.8) is 0 Å². The first kappa shape index (κ1) is 22.5. The van der Waals surface area contributed by atoms with Crippen molar-refractivity contribution in [2.24, 2.45) is 0 Å². The monoisotopic (exact) mass is 425 g/mol. The quantitative estimate of drug-likeness (QED) is 0.631. The highest BCUT2D eigenvalue weighted by Crippen LogP contribution is 2.28. The number of benzene rings is 1. The lowest BCUT2D eigenvalue weighted by Crippen LogP contribution is -2.47. The van der Waals surface area contributed by atoms with Gasteiger partial charge in [0, 0.05) is 0 Å². The van der Waals surface area contributed by atoms with E-state index >= 15 is 0 Å². The fourth-order valence-electron chi connectivity index (χ4n) is 4.22. The Morgan fingerprint density at radius 1 is 1.06 bits per heavy atom. The first-order valence-electron chi connectivity index (χ1n) is 10.8. The average molecular weight is 426 g/mol. The minimum absolute atomic E-state index is 0.319. The number of hydrogen-bond donors (Lipinski definition) is 2. The summed E-state index contributed by atoms with van der Waals surface area (Å²) >= 11 is 0. The minimum atomic E-state index is -0.900. The number of amides is 4. The van der Waals surface area contributed by atoms with Crippen LogP contribution in [0.15, 0.2) is 24.3 Å². The number of hydrogen-bond acceptors (Lipinski definition) is 4. The first-order chi connectivity index (χ1) is 14.7. The fraction of sp³-hybridized carbons (Fsp3) is 0.478. The maximum absolute atomic E-state index is 13.0. The van der Waals surface area contributed by atoms with Gasteiger partial charge in [0.1, 0.15) is 12.1 Å². The molecule has 2 heterocycles. The number of imide groups is 1. The van der Waals surface area contributed by atoms with Gasteiger partial charge in [-0.05, 0) is 45.7 Å². The van der Waals surface area contributed by atoms with E-state index in [1.165, 1.54) is 0 Å². The smallest absolute Gasteiger partial charge is 0.323 e. The maximum atomic E-state index is 13.0. The van der Waals surface area contributed by atoms with Crippen molar-refractivity contribution in [1.29, 1.82) is 0 Å². The second-order valence-electron chi connectivity index (χ2n) is 8.24. The highest BCUT2D eigenvalue weighted by atomic mass is 16.2. The Hall–Kier alpha value is -3.16. The third-order valence-corrected chi connectivity index (χ3v) is 5.74. The predicted molar refractivity (Wildman–Crippen MR) is 119 cm³/mol. The number of rotatable bonds is 8. The largest absolute Gasteiger partial charge is 0.325 e. The van der Waals surface area contributed by atoms with E-state index in [1.807, 2.05) is 58.9 Å². The highest BCUT2D eigenvalue weighted by molar-refractivity contribution is 6.10. The maximum Gasteiger partial charge on any atom is 0.325 e. The lowest BCUT2D eigenvalue weighted by molar-refractivity contribution is -0.134. The van der Waals surface area contributed by atoms with E-state index in [-0.39, 0.29) is 12.5 Å². The van der Waals surface area contributed by atoms with Gasteiger partial charge in [-0.3, -0.25) is 14.5 Å². The molecule has 1 aliphatic rings. The molecule has 1 aliphatic heterocycles. The minimum Gasteiger partial charge on any atom is -0.323 e. The molecule has 4 amide bonds. The van der Waals surface area contributed by atoms with Crippen molar-refractivity contribution in [1.82, 2.24) is 20.0 Å². The summed E-state index contributed by atoms with van der Waals surface area (Å²) in [6.45, 7) is 9.33. The molecular weight excluding hydrogens is 394 g/mol. The zero-order valence-electron chi connectivity index (χ0n) is 18.9. The van der Waals surface area contributed by atoms with Gasteiger partial charge >= 0.3 is 6.03 Å². The summed E-state index contributed by atoms with van der Waals surface area (Å²) in [6, 6.07) is 7.43. The normalized spacial score (nSPS) is 15.3. The second kappa shape index (κ2) is 8.91. The molecule has 2 N–H and O–H groups in total. The van der Waals surface area contributed by atoms with Crippen molar-refractivity contribution in [3.8, 4) is 5.69 Å². The average Bonchev–Trinajstić information content (AvgIpc) is 3.12. The molecular formula is C23H31N5O3. The van der Waals surface area contributed by atoms with Gasteiger partial charge in [-0.25, -0.2) is 9.48 Å². The third kappa shape index (κ3) is 4.33. The Labute approximate surface area is 183 Å². The van der Waals surface area contributed by atoms with Crippen molar-refractivity contribution in [3.05, 3.63) is 41.2 Å². The van der Waals surface area contributed by atoms with E-state index in [0.717, 1.165) is 34.7 Å². The summed E-state index contributed by atoms with van der Waals surface area (Å²) in [5.74, 6) is -0.748. The molecule has 8 heteroatoms. The molecule has 0 aliphatic carbocycles.